The van der Waals surface area contributed by atoms with E-state index in [0.29, 0.717) is 17.2 Å². The monoisotopic (exact) mass is 303 g/mol. The molecule has 0 saturated carbocycles. The summed E-state index contributed by atoms with van der Waals surface area (Å²) in [4.78, 5) is 25.3. The molecule has 0 aromatic carbocycles. The number of carbonyl (C=O) groups excluding carboxylic acids is 1. The van der Waals surface area contributed by atoms with Crippen LogP contribution in [-0.4, -0.2) is 34.5 Å². The van der Waals surface area contributed by atoms with Crippen molar-refractivity contribution in [3.05, 3.63) is 21.3 Å². The third-order valence-corrected chi connectivity index (χ3v) is 4.02. The molecular formula is C13H18ClNO3S. The average molecular weight is 304 g/mol. The Morgan fingerprint density at radius 2 is 2.05 bits per heavy atom. The minimum Gasteiger partial charge on any atom is -0.481 e. The molecule has 19 heavy (non-hydrogen) atoms. The number of aliphatic carboxylic acids is 1. The van der Waals surface area contributed by atoms with Gasteiger partial charge in [0, 0.05) is 23.9 Å². The fourth-order valence-corrected chi connectivity index (χ4v) is 2.83. The van der Waals surface area contributed by atoms with Crippen LogP contribution in [0.25, 0.3) is 0 Å². The number of carboxylic acid groups (broad SMARTS) is 1. The molecule has 4 nitrogen and oxygen atoms in total. The minimum absolute atomic E-state index is 0.0128. The van der Waals surface area contributed by atoms with Crippen molar-refractivity contribution in [2.24, 2.45) is 0 Å². The molecule has 1 heterocycles. The lowest BCUT2D eigenvalue weighted by molar-refractivity contribution is -0.139. The van der Waals surface area contributed by atoms with Gasteiger partial charge in [-0.25, -0.2) is 0 Å². The van der Waals surface area contributed by atoms with Gasteiger partial charge in [-0.1, -0.05) is 11.6 Å². The van der Waals surface area contributed by atoms with Gasteiger partial charge in [0.15, 0.2) is 0 Å². The largest absolute Gasteiger partial charge is 0.481 e. The van der Waals surface area contributed by atoms with Gasteiger partial charge in [0.1, 0.15) is 0 Å². The highest BCUT2D eigenvalue weighted by atomic mass is 35.5. The average Bonchev–Trinajstić information content (AvgIpc) is 2.72. The molecule has 1 N–H and O–H groups in total. The van der Waals surface area contributed by atoms with Crippen molar-refractivity contribution < 1.29 is 14.7 Å². The first-order chi connectivity index (χ1) is 8.90. The number of halogens is 1. The van der Waals surface area contributed by atoms with E-state index in [2.05, 4.69) is 0 Å². The summed E-state index contributed by atoms with van der Waals surface area (Å²) in [5.41, 5.74) is 0. The third kappa shape index (κ3) is 5.61. The zero-order valence-corrected chi connectivity index (χ0v) is 12.6. The Morgan fingerprint density at radius 1 is 1.37 bits per heavy atom. The highest BCUT2D eigenvalue weighted by Gasteiger charge is 2.17. The molecule has 0 bridgehead atoms. The normalized spacial score (nSPS) is 10.7. The molecule has 0 atom stereocenters. The van der Waals surface area contributed by atoms with E-state index in [0.717, 1.165) is 4.88 Å². The van der Waals surface area contributed by atoms with E-state index in [1.165, 1.54) is 11.3 Å². The summed E-state index contributed by atoms with van der Waals surface area (Å²) in [6, 6.07) is 3.74. The molecule has 0 unspecified atom stereocenters. The Kier molecular flexibility index (Phi) is 6.31. The van der Waals surface area contributed by atoms with Crippen LogP contribution in [0.3, 0.4) is 0 Å². The van der Waals surface area contributed by atoms with Gasteiger partial charge >= 0.3 is 5.97 Å². The molecule has 1 aromatic heterocycles. The maximum absolute atomic E-state index is 12.1. The molecule has 0 aliphatic heterocycles. The van der Waals surface area contributed by atoms with Gasteiger partial charge < -0.3 is 10.0 Å². The third-order valence-electron chi connectivity index (χ3n) is 2.72. The zero-order chi connectivity index (χ0) is 14.4. The molecule has 1 amide bonds. The number of carboxylic acids is 1. The number of hydrogen-bond acceptors (Lipinski definition) is 3. The molecule has 0 aliphatic rings. The van der Waals surface area contributed by atoms with Crippen molar-refractivity contribution in [2.45, 2.75) is 39.2 Å². The maximum atomic E-state index is 12.1. The Morgan fingerprint density at radius 3 is 2.53 bits per heavy atom. The van der Waals surface area contributed by atoms with Crippen LogP contribution in [0.5, 0.6) is 0 Å². The summed E-state index contributed by atoms with van der Waals surface area (Å²) in [5, 5.41) is 8.69. The van der Waals surface area contributed by atoms with Crippen LogP contribution < -0.4 is 0 Å². The Bertz CT molecular complexity index is 445. The second kappa shape index (κ2) is 7.50. The number of rotatable bonds is 7. The van der Waals surface area contributed by atoms with Crippen LogP contribution in [0.15, 0.2) is 12.1 Å². The van der Waals surface area contributed by atoms with Crippen LogP contribution >= 0.6 is 22.9 Å². The van der Waals surface area contributed by atoms with Crippen molar-refractivity contribution in [1.82, 2.24) is 4.90 Å². The Hall–Kier alpha value is -1.07. The first-order valence-electron chi connectivity index (χ1n) is 6.15. The van der Waals surface area contributed by atoms with Gasteiger partial charge in [0.25, 0.3) is 0 Å². The van der Waals surface area contributed by atoms with Gasteiger partial charge in [-0.05, 0) is 32.4 Å². The molecule has 0 saturated heterocycles. The van der Waals surface area contributed by atoms with Gasteiger partial charge in [0.2, 0.25) is 5.91 Å². The lowest BCUT2D eigenvalue weighted by atomic mass is 10.2. The molecule has 6 heteroatoms. The Balaban J connectivity index is 2.49. The molecule has 1 rings (SSSR count). The summed E-state index contributed by atoms with van der Waals surface area (Å²) in [5.74, 6) is -0.899. The van der Waals surface area contributed by atoms with Crippen molar-refractivity contribution in [3.8, 4) is 0 Å². The number of amides is 1. The summed E-state index contributed by atoms with van der Waals surface area (Å²) >= 11 is 7.30. The van der Waals surface area contributed by atoms with Crippen molar-refractivity contribution >= 4 is 34.8 Å². The summed E-state index contributed by atoms with van der Waals surface area (Å²) in [7, 11) is 0. The second-order valence-corrected chi connectivity index (χ2v) is 6.33. The molecule has 106 valence electrons. The SMILES string of the molecule is CC(C)N(CCC(=O)O)C(=O)CCc1ccc(Cl)s1. The minimum atomic E-state index is -0.886. The van der Waals surface area contributed by atoms with Crippen molar-refractivity contribution in [2.75, 3.05) is 6.54 Å². The quantitative estimate of drug-likeness (QED) is 0.842. The van der Waals surface area contributed by atoms with Crippen molar-refractivity contribution in [3.63, 3.8) is 0 Å². The number of carbonyl (C=O) groups is 2. The van der Waals surface area contributed by atoms with Gasteiger partial charge in [-0.2, -0.15) is 0 Å². The van der Waals surface area contributed by atoms with Crippen LogP contribution in [0.4, 0.5) is 0 Å². The topological polar surface area (TPSA) is 57.6 Å². The number of thiophene rings is 1. The molecule has 0 aliphatic carbocycles. The first-order valence-corrected chi connectivity index (χ1v) is 7.35. The molecule has 0 radical (unpaired) electrons. The molecule has 0 fully saturated rings. The van der Waals surface area contributed by atoms with Gasteiger partial charge in [-0.15, -0.1) is 11.3 Å². The highest BCUT2D eigenvalue weighted by molar-refractivity contribution is 7.16. The van der Waals surface area contributed by atoms with E-state index in [4.69, 9.17) is 16.7 Å². The lowest BCUT2D eigenvalue weighted by Crippen LogP contribution is -2.38. The molecule has 1 aromatic rings. The zero-order valence-electron chi connectivity index (χ0n) is 11.1. The first kappa shape index (κ1) is 16.0. The predicted molar refractivity (Wildman–Crippen MR) is 76.8 cm³/mol. The lowest BCUT2D eigenvalue weighted by Gasteiger charge is -2.26. The summed E-state index contributed by atoms with van der Waals surface area (Å²) < 4.78 is 0.717. The van der Waals surface area contributed by atoms with Crippen LogP contribution in [0.1, 0.15) is 31.6 Å². The molecular weight excluding hydrogens is 286 g/mol. The van der Waals surface area contributed by atoms with Gasteiger partial charge in [-0.3, -0.25) is 9.59 Å². The van der Waals surface area contributed by atoms with Crippen LogP contribution in [-0.2, 0) is 16.0 Å². The number of aryl methyl sites for hydroxylation is 1. The summed E-state index contributed by atoms with van der Waals surface area (Å²) in [6.07, 6.45) is 1.01. The highest BCUT2D eigenvalue weighted by Crippen LogP contribution is 2.22. The van der Waals surface area contributed by atoms with Crippen LogP contribution in [0, 0.1) is 0 Å². The fraction of sp³-hybridized carbons (Fsp3) is 0.538. The van der Waals surface area contributed by atoms with E-state index < -0.39 is 5.97 Å². The van der Waals surface area contributed by atoms with E-state index in [-0.39, 0.29) is 24.9 Å². The molecule has 0 spiro atoms. The van der Waals surface area contributed by atoms with Gasteiger partial charge in [0.05, 0.1) is 10.8 Å². The number of hydrogen-bond donors (Lipinski definition) is 1. The van der Waals surface area contributed by atoms with E-state index in [9.17, 15) is 9.59 Å². The predicted octanol–water partition coefficient (Wildman–Crippen LogP) is 3.05. The smallest absolute Gasteiger partial charge is 0.305 e. The van der Waals surface area contributed by atoms with E-state index in [1.54, 1.807) is 4.90 Å². The Labute approximate surface area is 122 Å². The standard InChI is InChI=1S/C13H18ClNO3S/c1-9(2)15(8-7-13(17)18)12(16)6-4-10-3-5-11(14)19-10/h3,5,9H,4,6-8H2,1-2H3,(H,17,18). The summed E-state index contributed by atoms with van der Waals surface area (Å²) in [6.45, 7) is 4.04. The van der Waals surface area contributed by atoms with E-state index in [1.807, 2.05) is 26.0 Å². The van der Waals surface area contributed by atoms with Crippen LogP contribution in [0.2, 0.25) is 4.34 Å². The fourth-order valence-electron chi connectivity index (χ4n) is 1.75. The van der Waals surface area contributed by atoms with Crippen molar-refractivity contribution in [1.29, 1.82) is 0 Å². The second-order valence-electron chi connectivity index (χ2n) is 4.53. The maximum Gasteiger partial charge on any atom is 0.305 e. The number of nitrogens with zero attached hydrogens (tertiary/aromatic N) is 1. The van der Waals surface area contributed by atoms with E-state index >= 15 is 0 Å².